The minimum Gasteiger partial charge on any atom is -0.481 e. The van der Waals surface area contributed by atoms with E-state index in [-0.39, 0.29) is 29.5 Å². The lowest BCUT2D eigenvalue weighted by molar-refractivity contribution is -0.161. The highest BCUT2D eigenvalue weighted by Crippen LogP contribution is 2.68. The first-order chi connectivity index (χ1) is 15.0. The first kappa shape index (κ1) is 24.0. The zero-order chi connectivity index (χ0) is 23.4. The summed E-state index contributed by atoms with van der Waals surface area (Å²) in [5, 5.41) is 21.4. The maximum atomic E-state index is 12.3. The Labute approximate surface area is 194 Å². The lowest BCUT2D eigenvalue weighted by atomic mass is 9.43. The molecule has 3 saturated carbocycles. The molecule has 4 rings (SSSR count). The molecule has 9 atom stereocenters. The summed E-state index contributed by atoms with van der Waals surface area (Å²) in [7, 11) is 0. The molecule has 32 heavy (non-hydrogen) atoms. The van der Waals surface area contributed by atoms with E-state index >= 15 is 0 Å². The van der Waals surface area contributed by atoms with Crippen LogP contribution < -0.4 is 0 Å². The first-order valence-electron chi connectivity index (χ1n) is 13.1. The SMILES string of the molecule is CC(C)CCC[C@@H](C)[C@H]1CC[C@H]2[C@@H]3[C@H](O)CC4=CC(=O)CC(C(=O)O)[C@]4(C)[C@H]3CC[C@]12C. The van der Waals surface area contributed by atoms with Crippen molar-refractivity contribution < 1.29 is 19.8 Å². The highest BCUT2D eigenvalue weighted by molar-refractivity contribution is 5.95. The van der Waals surface area contributed by atoms with Crippen molar-refractivity contribution in [3.8, 4) is 0 Å². The summed E-state index contributed by atoms with van der Waals surface area (Å²) in [6.45, 7) is 11.6. The Hall–Kier alpha value is -1.16. The van der Waals surface area contributed by atoms with E-state index in [1.54, 1.807) is 6.08 Å². The molecule has 4 aliphatic carbocycles. The predicted octanol–water partition coefficient (Wildman–Crippen LogP) is 5.88. The second-order valence-electron chi connectivity index (χ2n) is 12.6. The van der Waals surface area contributed by atoms with E-state index in [9.17, 15) is 19.8 Å². The fourth-order valence-electron chi connectivity index (χ4n) is 8.98. The number of fused-ring (bicyclic) bond motifs is 5. The summed E-state index contributed by atoms with van der Waals surface area (Å²) in [5.74, 6) is 1.32. The van der Waals surface area contributed by atoms with Crippen molar-refractivity contribution in [3.63, 3.8) is 0 Å². The summed E-state index contributed by atoms with van der Waals surface area (Å²) in [5.41, 5.74) is 0.627. The number of aliphatic hydroxyl groups is 1. The van der Waals surface area contributed by atoms with Crippen LogP contribution in [0.1, 0.15) is 92.4 Å². The van der Waals surface area contributed by atoms with Crippen LogP contribution >= 0.6 is 0 Å². The lowest BCUT2D eigenvalue weighted by Crippen LogP contribution is -2.59. The minimum absolute atomic E-state index is 0.0904. The zero-order valence-electron chi connectivity index (χ0n) is 20.8. The number of carbonyl (C=O) groups excluding carboxylic acids is 1. The van der Waals surface area contributed by atoms with Crippen molar-refractivity contribution in [1.29, 1.82) is 0 Å². The summed E-state index contributed by atoms with van der Waals surface area (Å²) >= 11 is 0. The van der Waals surface area contributed by atoms with Gasteiger partial charge < -0.3 is 10.2 Å². The molecule has 1 unspecified atom stereocenters. The van der Waals surface area contributed by atoms with Gasteiger partial charge in [-0.3, -0.25) is 9.59 Å². The van der Waals surface area contributed by atoms with Crippen LogP contribution in [0.4, 0.5) is 0 Å². The van der Waals surface area contributed by atoms with E-state index in [1.807, 2.05) is 0 Å². The van der Waals surface area contributed by atoms with Crippen molar-refractivity contribution in [1.82, 2.24) is 0 Å². The molecular formula is C28H44O4. The Balaban J connectivity index is 1.60. The molecule has 0 aromatic rings. The van der Waals surface area contributed by atoms with Gasteiger partial charge in [-0.05, 0) is 79.1 Å². The Morgan fingerprint density at radius 2 is 1.81 bits per heavy atom. The topological polar surface area (TPSA) is 74.6 Å². The second kappa shape index (κ2) is 8.56. The molecule has 0 aromatic carbocycles. The molecule has 0 amide bonds. The van der Waals surface area contributed by atoms with E-state index < -0.39 is 23.4 Å². The van der Waals surface area contributed by atoms with Gasteiger partial charge in [0.25, 0.3) is 0 Å². The number of carboxylic acids is 1. The lowest BCUT2D eigenvalue weighted by Gasteiger charge is -2.61. The summed E-state index contributed by atoms with van der Waals surface area (Å²) in [4.78, 5) is 24.6. The number of hydrogen-bond donors (Lipinski definition) is 2. The third-order valence-corrected chi connectivity index (χ3v) is 10.6. The van der Waals surface area contributed by atoms with Gasteiger partial charge in [0.1, 0.15) is 0 Å². The average Bonchev–Trinajstić information content (AvgIpc) is 3.05. The van der Waals surface area contributed by atoms with Gasteiger partial charge in [-0.1, -0.05) is 59.5 Å². The molecule has 0 radical (unpaired) electrons. The predicted molar refractivity (Wildman–Crippen MR) is 126 cm³/mol. The van der Waals surface area contributed by atoms with E-state index in [1.165, 1.54) is 25.7 Å². The molecular weight excluding hydrogens is 400 g/mol. The maximum absolute atomic E-state index is 12.3. The first-order valence-corrected chi connectivity index (χ1v) is 13.1. The quantitative estimate of drug-likeness (QED) is 0.536. The monoisotopic (exact) mass is 444 g/mol. The van der Waals surface area contributed by atoms with E-state index in [4.69, 9.17) is 0 Å². The van der Waals surface area contributed by atoms with E-state index in [0.717, 1.165) is 30.8 Å². The molecule has 0 heterocycles. The number of hydrogen-bond acceptors (Lipinski definition) is 3. The van der Waals surface area contributed by atoms with Crippen LogP contribution in [-0.2, 0) is 9.59 Å². The Morgan fingerprint density at radius 3 is 2.47 bits per heavy atom. The van der Waals surface area contributed by atoms with Crippen molar-refractivity contribution in [3.05, 3.63) is 11.6 Å². The number of ketones is 1. The van der Waals surface area contributed by atoms with Crippen LogP contribution in [0, 0.1) is 52.3 Å². The molecule has 180 valence electrons. The Morgan fingerprint density at radius 1 is 1.09 bits per heavy atom. The van der Waals surface area contributed by atoms with Crippen LogP contribution in [-0.4, -0.2) is 28.1 Å². The summed E-state index contributed by atoms with van der Waals surface area (Å²) < 4.78 is 0. The van der Waals surface area contributed by atoms with Crippen LogP contribution in [0.15, 0.2) is 11.6 Å². The van der Waals surface area contributed by atoms with Crippen molar-refractivity contribution in [2.45, 2.75) is 98.5 Å². The van der Waals surface area contributed by atoms with Crippen LogP contribution in [0.5, 0.6) is 0 Å². The van der Waals surface area contributed by atoms with Crippen LogP contribution in [0.2, 0.25) is 0 Å². The molecule has 0 aromatic heterocycles. The number of aliphatic carboxylic acids is 1. The van der Waals surface area contributed by atoms with Crippen molar-refractivity contribution >= 4 is 11.8 Å². The van der Waals surface area contributed by atoms with Gasteiger partial charge in [0.2, 0.25) is 0 Å². The van der Waals surface area contributed by atoms with Gasteiger partial charge in [0.05, 0.1) is 12.0 Å². The minimum atomic E-state index is -0.849. The molecule has 0 spiro atoms. The average molecular weight is 445 g/mol. The van der Waals surface area contributed by atoms with Crippen LogP contribution in [0.25, 0.3) is 0 Å². The van der Waals surface area contributed by atoms with Crippen molar-refractivity contribution in [2.24, 2.45) is 52.3 Å². The molecule has 0 bridgehead atoms. The third-order valence-electron chi connectivity index (χ3n) is 10.6. The van der Waals surface area contributed by atoms with Crippen LogP contribution in [0.3, 0.4) is 0 Å². The Kier molecular flexibility index (Phi) is 6.42. The van der Waals surface area contributed by atoms with Gasteiger partial charge in [0, 0.05) is 11.8 Å². The van der Waals surface area contributed by atoms with E-state index in [0.29, 0.717) is 24.2 Å². The molecule has 0 saturated heterocycles. The fraction of sp³-hybridized carbons (Fsp3) is 0.857. The van der Waals surface area contributed by atoms with Gasteiger partial charge in [-0.15, -0.1) is 0 Å². The summed E-state index contributed by atoms with van der Waals surface area (Å²) in [6.07, 6.45) is 10.1. The van der Waals surface area contributed by atoms with Crippen molar-refractivity contribution in [2.75, 3.05) is 0 Å². The molecule has 2 N–H and O–H groups in total. The smallest absolute Gasteiger partial charge is 0.307 e. The highest BCUT2D eigenvalue weighted by Gasteiger charge is 2.64. The van der Waals surface area contributed by atoms with E-state index in [2.05, 4.69) is 34.6 Å². The highest BCUT2D eigenvalue weighted by atomic mass is 16.4. The van der Waals surface area contributed by atoms with Gasteiger partial charge in [0.15, 0.2) is 5.78 Å². The van der Waals surface area contributed by atoms with Gasteiger partial charge in [-0.2, -0.15) is 0 Å². The number of carbonyl (C=O) groups is 2. The number of aliphatic hydroxyl groups excluding tert-OH is 1. The molecule has 0 aliphatic heterocycles. The van der Waals surface area contributed by atoms with Gasteiger partial charge >= 0.3 is 5.97 Å². The fourth-order valence-corrected chi connectivity index (χ4v) is 8.98. The summed E-state index contributed by atoms with van der Waals surface area (Å²) in [6, 6.07) is 0. The largest absolute Gasteiger partial charge is 0.481 e. The maximum Gasteiger partial charge on any atom is 0.307 e. The standard InChI is InChI=1S/C28H44O4/c1-16(2)7-6-8-17(3)20-9-10-21-25-22(11-12-27(20,21)4)28(5)18(14-24(25)30)13-19(29)15-23(28)26(31)32/h13,16-17,20-25,30H,6-12,14-15H2,1-5H3,(H,31,32)/t17-,20-,21+,22+,23?,24-,25+,27-,28+/m1/s1. The zero-order valence-corrected chi connectivity index (χ0v) is 20.8. The molecule has 4 aliphatic rings. The number of rotatable bonds is 6. The second-order valence-corrected chi connectivity index (χ2v) is 12.6. The molecule has 4 heteroatoms. The Bertz CT molecular complexity index is 784. The molecule has 3 fully saturated rings. The molecule has 4 nitrogen and oxygen atoms in total. The van der Waals surface area contributed by atoms with Gasteiger partial charge in [-0.25, -0.2) is 0 Å². The number of carboxylic acid groups (broad SMARTS) is 1. The normalized spacial score (nSPS) is 44.5. The third kappa shape index (κ3) is 3.69.